The molecule has 3 N–H and O–H groups in total. The van der Waals surface area contributed by atoms with Crippen molar-refractivity contribution >= 4 is 57.7 Å². The third-order valence-electron chi connectivity index (χ3n) is 5.40. The summed E-state index contributed by atoms with van der Waals surface area (Å²) in [6.45, 7) is 4.96. The number of carbonyl (C=O) groups is 4. The van der Waals surface area contributed by atoms with E-state index >= 15 is 0 Å². The first-order chi connectivity index (χ1) is 18.3. The van der Waals surface area contributed by atoms with Gasteiger partial charge in [0.05, 0.1) is 0 Å². The van der Waals surface area contributed by atoms with Crippen LogP contribution in [0.3, 0.4) is 0 Å². The van der Waals surface area contributed by atoms with E-state index in [1.807, 2.05) is 6.92 Å². The van der Waals surface area contributed by atoms with Gasteiger partial charge in [0.25, 0.3) is 11.8 Å². The molecule has 2 atom stereocenters. The normalized spacial score (nSPS) is 18.6. The summed E-state index contributed by atoms with van der Waals surface area (Å²) in [7, 11) is 0. The Morgan fingerprint density at radius 2 is 2.18 bits per heavy atom. The summed E-state index contributed by atoms with van der Waals surface area (Å²) >= 11 is 2.43. The number of esters is 2. The van der Waals surface area contributed by atoms with Crippen LogP contribution in [0.5, 0.6) is 0 Å². The molecule has 38 heavy (non-hydrogen) atoms. The van der Waals surface area contributed by atoms with E-state index in [4.69, 9.17) is 26.5 Å². The molecule has 0 aromatic carbocycles. The van der Waals surface area contributed by atoms with Crippen LogP contribution in [0.15, 0.2) is 34.5 Å². The maximum atomic E-state index is 13.1. The quantitative estimate of drug-likeness (QED) is 0.0687. The zero-order valence-electron chi connectivity index (χ0n) is 20.6. The molecule has 0 aliphatic carbocycles. The van der Waals surface area contributed by atoms with Crippen molar-refractivity contribution in [2.75, 3.05) is 24.9 Å². The molecule has 1 aromatic rings. The van der Waals surface area contributed by atoms with Crippen LogP contribution in [0.1, 0.15) is 38.3 Å². The average molecular weight is 562 g/mol. The van der Waals surface area contributed by atoms with E-state index in [9.17, 15) is 19.2 Å². The highest BCUT2D eigenvalue weighted by molar-refractivity contribution is 8.00. The molecule has 2 aliphatic heterocycles. The highest BCUT2D eigenvalue weighted by Gasteiger charge is 2.54. The van der Waals surface area contributed by atoms with E-state index in [2.05, 4.69) is 28.0 Å². The van der Waals surface area contributed by atoms with Gasteiger partial charge in [-0.3, -0.25) is 19.3 Å². The van der Waals surface area contributed by atoms with Crippen LogP contribution in [0.2, 0.25) is 0 Å². The molecule has 3 rings (SSSR count). The number of thioether (sulfide) groups is 1. The van der Waals surface area contributed by atoms with E-state index < -0.39 is 42.0 Å². The second kappa shape index (κ2) is 13.6. The Bertz CT molecular complexity index is 1200. The number of hydrogen-bond donors (Lipinski definition) is 2. The number of thiazole rings is 1. The lowest BCUT2D eigenvalue weighted by atomic mass is 10.0. The van der Waals surface area contributed by atoms with E-state index in [1.165, 1.54) is 28.1 Å². The van der Waals surface area contributed by atoms with Crippen LogP contribution in [-0.4, -0.2) is 69.9 Å². The SMILES string of the molecule is C#CCON=C(C(=O)NC1C(=O)N2C(C(=O)OCOC(=O)CCCCC)=C(C=C)CS[C@@H]12)c1csc(N)n1. The number of ether oxygens (including phenoxy) is 2. The van der Waals surface area contributed by atoms with Gasteiger partial charge in [0.15, 0.2) is 17.5 Å². The monoisotopic (exact) mass is 561 g/mol. The lowest BCUT2D eigenvalue weighted by Crippen LogP contribution is -2.71. The predicted molar refractivity (Wildman–Crippen MR) is 141 cm³/mol. The first kappa shape index (κ1) is 28.7. The predicted octanol–water partition coefficient (Wildman–Crippen LogP) is 1.54. The largest absolute Gasteiger partial charge is 0.428 e. The number of nitrogen functional groups attached to an aromatic ring is 1. The molecule has 1 aromatic heterocycles. The summed E-state index contributed by atoms with van der Waals surface area (Å²) < 4.78 is 10.1. The zero-order chi connectivity index (χ0) is 27.7. The highest BCUT2D eigenvalue weighted by Crippen LogP contribution is 2.41. The van der Waals surface area contributed by atoms with E-state index in [0.29, 0.717) is 17.7 Å². The third kappa shape index (κ3) is 6.73. The van der Waals surface area contributed by atoms with Gasteiger partial charge in [0.1, 0.15) is 22.8 Å². The molecule has 12 nitrogen and oxygen atoms in total. The summed E-state index contributed by atoms with van der Waals surface area (Å²) in [5, 5.41) is 7.50. The standard InChI is InChI=1S/C24H27N5O7S2/c1-4-7-8-9-16(30)34-13-35-23(33)19-14(6-3)11-37-22-18(21(32)29(19)22)27-20(31)17(28-36-10-5-2)15-12-38-24(25)26-15/h2,6,12,18,22H,3-4,7-11,13H2,1H3,(H2,25,26)(H,27,31)/t18?,22-/m0/s1. The fourth-order valence-electron chi connectivity index (χ4n) is 3.54. The van der Waals surface area contributed by atoms with Gasteiger partial charge in [0.2, 0.25) is 6.79 Å². The molecule has 0 saturated carbocycles. The number of oxime groups is 1. The molecule has 0 spiro atoms. The number of β-lactam (4-membered cyclic amide) rings is 1. The van der Waals surface area contributed by atoms with Crippen molar-refractivity contribution in [1.29, 1.82) is 0 Å². The van der Waals surface area contributed by atoms with Crippen molar-refractivity contribution in [3.63, 3.8) is 0 Å². The number of hydrogen-bond acceptors (Lipinski definition) is 12. The lowest BCUT2D eigenvalue weighted by molar-refractivity contribution is -0.168. The number of aromatic nitrogens is 1. The zero-order valence-corrected chi connectivity index (χ0v) is 22.3. The van der Waals surface area contributed by atoms with Gasteiger partial charge in [-0.1, -0.05) is 43.5 Å². The molecule has 1 fully saturated rings. The van der Waals surface area contributed by atoms with Crippen LogP contribution in [0, 0.1) is 12.3 Å². The Labute approximate surface area is 227 Å². The summed E-state index contributed by atoms with van der Waals surface area (Å²) in [5.41, 5.74) is 6.08. The number of amides is 2. The number of fused-ring (bicyclic) bond motifs is 1. The van der Waals surface area contributed by atoms with Gasteiger partial charge in [-0.05, 0) is 12.0 Å². The van der Waals surface area contributed by atoms with Crippen LogP contribution in [0.25, 0.3) is 0 Å². The number of carbonyl (C=O) groups excluding carboxylic acids is 4. The van der Waals surface area contributed by atoms with Crippen molar-refractivity contribution < 1.29 is 33.5 Å². The van der Waals surface area contributed by atoms with Gasteiger partial charge in [-0.25, -0.2) is 9.78 Å². The van der Waals surface area contributed by atoms with E-state index in [0.717, 1.165) is 24.2 Å². The molecule has 0 bridgehead atoms. The molecule has 1 saturated heterocycles. The molecule has 2 aliphatic rings. The summed E-state index contributed by atoms with van der Waals surface area (Å²) in [5.74, 6) is -0.0273. The number of nitrogens with one attached hydrogen (secondary N) is 1. The van der Waals surface area contributed by atoms with Crippen LogP contribution < -0.4 is 11.1 Å². The number of nitrogens with two attached hydrogens (primary N) is 1. The Morgan fingerprint density at radius 3 is 2.84 bits per heavy atom. The van der Waals surface area contributed by atoms with Gasteiger partial charge >= 0.3 is 11.9 Å². The molecular weight excluding hydrogens is 534 g/mol. The Balaban J connectivity index is 1.66. The number of unbranched alkanes of at least 4 members (excludes halogenated alkanes) is 2. The van der Waals surface area contributed by atoms with Crippen molar-refractivity contribution in [3.05, 3.63) is 35.0 Å². The fraction of sp³-hybridized carbons (Fsp3) is 0.417. The Hall–Kier alpha value is -3.83. The molecule has 1 unspecified atom stereocenters. The fourth-order valence-corrected chi connectivity index (χ4v) is 5.43. The molecule has 3 heterocycles. The second-order valence-corrected chi connectivity index (χ2v) is 9.95. The average Bonchev–Trinajstić information content (AvgIpc) is 3.34. The minimum atomic E-state index is -0.966. The number of terminal acetylenes is 1. The molecular formula is C24H27N5O7S2. The number of allylic oxidation sites excluding steroid dienone is 1. The maximum absolute atomic E-state index is 13.1. The van der Waals surface area contributed by atoms with Gasteiger partial charge < -0.3 is 25.4 Å². The first-order valence-corrected chi connectivity index (χ1v) is 13.5. The topological polar surface area (TPSA) is 163 Å². The molecule has 14 heteroatoms. The van der Waals surface area contributed by atoms with Crippen molar-refractivity contribution in [1.82, 2.24) is 15.2 Å². The molecule has 2 amide bonds. The van der Waals surface area contributed by atoms with Crippen molar-refractivity contribution in [2.45, 2.75) is 44.0 Å². The van der Waals surface area contributed by atoms with Gasteiger partial charge in [-0.2, -0.15) is 0 Å². The van der Waals surface area contributed by atoms with E-state index in [1.54, 1.807) is 0 Å². The number of rotatable bonds is 13. The third-order valence-corrected chi connectivity index (χ3v) is 7.38. The summed E-state index contributed by atoms with van der Waals surface area (Å²) in [6, 6.07) is -0.966. The van der Waals surface area contributed by atoms with Crippen molar-refractivity contribution in [3.8, 4) is 12.3 Å². The maximum Gasteiger partial charge on any atom is 0.358 e. The number of nitrogens with zero attached hydrogens (tertiary/aromatic N) is 3. The van der Waals surface area contributed by atoms with Gasteiger partial charge in [0, 0.05) is 17.6 Å². The van der Waals surface area contributed by atoms with Crippen LogP contribution in [0.4, 0.5) is 5.13 Å². The Kier molecular flexibility index (Phi) is 10.3. The second-order valence-electron chi connectivity index (χ2n) is 7.95. The van der Waals surface area contributed by atoms with Crippen LogP contribution in [-0.2, 0) is 33.5 Å². The summed E-state index contributed by atoms with van der Waals surface area (Å²) in [4.78, 5) is 60.9. The van der Waals surface area contributed by atoms with Crippen LogP contribution >= 0.6 is 23.1 Å². The van der Waals surface area contributed by atoms with Gasteiger partial charge in [-0.15, -0.1) is 29.5 Å². The smallest absolute Gasteiger partial charge is 0.358 e. The minimum absolute atomic E-state index is 0.0141. The lowest BCUT2D eigenvalue weighted by Gasteiger charge is -2.49. The minimum Gasteiger partial charge on any atom is -0.428 e. The summed E-state index contributed by atoms with van der Waals surface area (Å²) in [6.07, 6.45) is 9.37. The molecule has 202 valence electrons. The Morgan fingerprint density at radius 1 is 1.39 bits per heavy atom. The van der Waals surface area contributed by atoms with Crippen molar-refractivity contribution in [2.24, 2.45) is 5.16 Å². The van der Waals surface area contributed by atoms with E-state index in [-0.39, 0.29) is 35.3 Å². The highest BCUT2D eigenvalue weighted by atomic mass is 32.2. The number of anilines is 1. The molecule has 0 radical (unpaired) electrons. The first-order valence-electron chi connectivity index (χ1n) is 11.6.